The smallest absolute Gasteiger partial charge is 0.133 e. The molecule has 0 amide bonds. The first-order valence-corrected chi connectivity index (χ1v) is 7.01. The van der Waals surface area contributed by atoms with Gasteiger partial charge in [0.05, 0.1) is 18.5 Å². The molecule has 0 bridgehead atoms. The van der Waals surface area contributed by atoms with Gasteiger partial charge in [0.2, 0.25) is 0 Å². The molecule has 1 aliphatic heterocycles. The summed E-state index contributed by atoms with van der Waals surface area (Å²) in [7, 11) is 1.68. The first-order valence-electron chi connectivity index (χ1n) is 7.01. The standard InChI is InChI=1S/C16H21N3O/c1-16(2,3)14-13-9-10-17-15(13)19(18-14)11-5-7-12(20-4)8-6-11/h5-8,17H,9-10H2,1-4H3. The molecule has 0 spiro atoms. The topological polar surface area (TPSA) is 39.1 Å². The van der Waals surface area contributed by atoms with Gasteiger partial charge in [-0.1, -0.05) is 20.8 Å². The Morgan fingerprint density at radius 1 is 1.20 bits per heavy atom. The van der Waals surface area contributed by atoms with Crippen LogP contribution >= 0.6 is 0 Å². The second-order valence-corrected chi connectivity index (χ2v) is 6.21. The summed E-state index contributed by atoms with van der Waals surface area (Å²) in [6.45, 7) is 7.64. The zero-order valence-electron chi connectivity index (χ0n) is 12.5. The van der Waals surface area contributed by atoms with Crippen molar-refractivity contribution in [1.29, 1.82) is 0 Å². The van der Waals surface area contributed by atoms with Crippen LogP contribution in [0.4, 0.5) is 5.82 Å². The summed E-state index contributed by atoms with van der Waals surface area (Å²) in [4.78, 5) is 0. The highest BCUT2D eigenvalue weighted by Gasteiger charge is 2.29. The lowest BCUT2D eigenvalue weighted by Gasteiger charge is -2.16. The van der Waals surface area contributed by atoms with E-state index in [1.165, 1.54) is 11.3 Å². The zero-order chi connectivity index (χ0) is 14.3. The quantitative estimate of drug-likeness (QED) is 0.912. The number of hydrogen-bond donors (Lipinski definition) is 1. The van der Waals surface area contributed by atoms with Crippen LogP contribution in [-0.2, 0) is 11.8 Å². The predicted octanol–water partition coefficient (Wildman–Crippen LogP) is 3.15. The maximum Gasteiger partial charge on any atom is 0.133 e. The van der Waals surface area contributed by atoms with Crippen LogP contribution in [-0.4, -0.2) is 23.4 Å². The summed E-state index contributed by atoms with van der Waals surface area (Å²) in [6.07, 6.45) is 1.05. The van der Waals surface area contributed by atoms with Crippen molar-refractivity contribution in [2.24, 2.45) is 0 Å². The molecule has 1 N–H and O–H groups in total. The number of nitrogens with one attached hydrogen (secondary N) is 1. The Bertz CT molecular complexity index is 620. The van der Waals surface area contributed by atoms with Crippen molar-refractivity contribution in [2.75, 3.05) is 19.0 Å². The van der Waals surface area contributed by atoms with Gasteiger partial charge in [-0.3, -0.25) is 0 Å². The minimum absolute atomic E-state index is 0.0633. The van der Waals surface area contributed by atoms with Crippen molar-refractivity contribution in [3.8, 4) is 11.4 Å². The number of hydrogen-bond acceptors (Lipinski definition) is 3. The van der Waals surface area contributed by atoms with Crippen molar-refractivity contribution in [3.63, 3.8) is 0 Å². The lowest BCUT2D eigenvalue weighted by Crippen LogP contribution is -2.15. The molecule has 4 heteroatoms. The van der Waals surface area contributed by atoms with E-state index >= 15 is 0 Å². The average Bonchev–Trinajstić information content (AvgIpc) is 2.99. The minimum atomic E-state index is 0.0633. The Balaban J connectivity index is 2.10. The van der Waals surface area contributed by atoms with Gasteiger partial charge in [-0.25, -0.2) is 4.68 Å². The zero-order valence-corrected chi connectivity index (χ0v) is 12.5. The highest BCUT2D eigenvalue weighted by molar-refractivity contribution is 5.58. The molecule has 0 aliphatic carbocycles. The molecule has 0 unspecified atom stereocenters. The monoisotopic (exact) mass is 271 g/mol. The van der Waals surface area contributed by atoms with Crippen molar-refractivity contribution in [2.45, 2.75) is 32.6 Å². The number of aromatic nitrogens is 2. The highest BCUT2D eigenvalue weighted by Crippen LogP contribution is 2.35. The van der Waals surface area contributed by atoms with Gasteiger partial charge in [0.15, 0.2) is 0 Å². The molecule has 0 saturated heterocycles. The summed E-state index contributed by atoms with van der Waals surface area (Å²) in [5, 5.41) is 8.30. The molecule has 0 saturated carbocycles. The second kappa shape index (κ2) is 4.54. The number of benzene rings is 1. The number of rotatable bonds is 2. The molecule has 106 valence electrons. The molecule has 0 radical (unpaired) electrons. The maximum absolute atomic E-state index is 5.21. The fourth-order valence-corrected chi connectivity index (χ4v) is 2.69. The fraction of sp³-hybridized carbons (Fsp3) is 0.438. The molecule has 1 aliphatic rings. The molecule has 4 nitrogen and oxygen atoms in total. The van der Waals surface area contributed by atoms with Gasteiger partial charge < -0.3 is 10.1 Å². The van der Waals surface area contributed by atoms with E-state index in [0.29, 0.717) is 0 Å². The first kappa shape index (κ1) is 13.0. The normalized spacial score (nSPS) is 14.0. The van der Waals surface area contributed by atoms with Crippen molar-refractivity contribution in [1.82, 2.24) is 9.78 Å². The van der Waals surface area contributed by atoms with E-state index in [1.54, 1.807) is 7.11 Å². The third-order valence-corrected chi connectivity index (χ3v) is 3.68. The SMILES string of the molecule is COc1ccc(-n2nc(C(C)(C)C)c3c2NCC3)cc1. The van der Waals surface area contributed by atoms with Gasteiger partial charge in [-0.05, 0) is 30.7 Å². The lowest BCUT2D eigenvalue weighted by atomic mass is 9.89. The Labute approximate surface area is 119 Å². The Morgan fingerprint density at radius 3 is 2.50 bits per heavy atom. The number of methoxy groups -OCH3 is 1. The number of anilines is 1. The van der Waals surface area contributed by atoms with Gasteiger partial charge in [0.1, 0.15) is 11.6 Å². The summed E-state index contributed by atoms with van der Waals surface area (Å²) in [6, 6.07) is 8.02. The summed E-state index contributed by atoms with van der Waals surface area (Å²) in [5.41, 5.74) is 3.67. The van der Waals surface area contributed by atoms with Gasteiger partial charge in [0, 0.05) is 17.5 Å². The molecule has 0 atom stereocenters. The molecule has 1 aromatic carbocycles. The summed E-state index contributed by atoms with van der Waals surface area (Å²) >= 11 is 0. The molecule has 2 heterocycles. The molecule has 3 rings (SSSR count). The van der Waals surface area contributed by atoms with Crippen molar-refractivity contribution < 1.29 is 4.74 Å². The molecule has 2 aromatic rings. The highest BCUT2D eigenvalue weighted by atomic mass is 16.5. The Kier molecular flexibility index (Phi) is 2.96. The van der Waals surface area contributed by atoms with E-state index in [1.807, 2.05) is 28.9 Å². The molecule has 0 fully saturated rings. The van der Waals surface area contributed by atoms with Gasteiger partial charge >= 0.3 is 0 Å². The minimum Gasteiger partial charge on any atom is -0.497 e. The van der Waals surface area contributed by atoms with E-state index < -0.39 is 0 Å². The maximum atomic E-state index is 5.21. The van der Waals surface area contributed by atoms with E-state index in [2.05, 4.69) is 26.1 Å². The van der Waals surface area contributed by atoms with Crippen molar-refractivity contribution >= 4 is 5.82 Å². The first-order chi connectivity index (χ1) is 9.50. The van der Waals surface area contributed by atoms with Crippen LogP contribution < -0.4 is 10.1 Å². The van der Waals surface area contributed by atoms with Crippen LogP contribution in [0.5, 0.6) is 5.75 Å². The lowest BCUT2D eigenvalue weighted by molar-refractivity contribution is 0.414. The molecular formula is C16H21N3O. The fourth-order valence-electron chi connectivity index (χ4n) is 2.69. The van der Waals surface area contributed by atoms with E-state index in [9.17, 15) is 0 Å². The van der Waals surface area contributed by atoms with Crippen molar-refractivity contribution in [3.05, 3.63) is 35.5 Å². The molecular weight excluding hydrogens is 250 g/mol. The predicted molar refractivity (Wildman–Crippen MR) is 81.0 cm³/mol. The van der Waals surface area contributed by atoms with Crippen LogP contribution in [0.15, 0.2) is 24.3 Å². The van der Waals surface area contributed by atoms with E-state index in [0.717, 1.165) is 30.2 Å². The van der Waals surface area contributed by atoms with Crippen LogP contribution in [0.1, 0.15) is 32.0 Å². The summed E-state index contributed by atoms with van der Waals surface area (Å²) in [5.74, 6) is 2.00. The Hall–Kier alpha value is -1.97. The van der Waals surface area contributed by atoms with Gasteiger partial charge in [0.25, 0.3) is 0 Å². The largest absolute Gasteiger partial charge is 0.497 e. The third kappa shape index (κ3) is 2.05. The Morgan fingerprint density at radius 2 is 1.90 bits per heavy atom. The van der Waals surface area contributed by atoms with E-state index in [-0.39, 0.29) is 5.41 Å². The number of nitrogens with zero attached hydrogens (tertiary/aromatic N) is 2. The van der Waals surface area contributed by atoms with Crippen LogP contribution in [0.25, 0.3) is 5.69 Å². The summed E-state index contributed by atoms with van der Waals surface area (Å²) < 4.78 is 7.23. The van der Waals surface area contributed by atoms with Gasteiger partial charge in [-0.2, -0.15) is 5.10 Å². The average molecular weight is 271 g/mol. The van der Waals surface area contributed by atoms with Crippen LogP contribution in [0.2, 0.25) is 0 Å². The second-order valence-electron chi connectivity index (χ2n) is 6.21. The van der Waals surface area contributed by atoms with Crippen LogP contribution in [0.3, 0.4) is 0 Å². The molecule has 20 heavy (non-hydrogen) atoms. The number of ether oxygens (including phenoxy) is 1. The molecule has 1 aromatic heterocycles. The number of fused-ring (bicyclic) bond motifs is 1. The third-order valence-electron chi connectivity index (χ3n) is 3.68. The van der Waals surface area contributed by atoms with Gasteiger partial charge in [-0.15, -0.1) is 0 Å². The van der Waals surface area contributed by atoms with E-state index in [4.69, 9.17) is 9.84 Å². The van der Waals surface area contributed by atoms with Crippen LogP contribution in [0, 0.1) is 0 Å².